The maximum absolute atomic E-state index is 12.2. The predicted octanol–water partition coefficient (Wildman–Crippen LogP) is 1.46. The van der Waals surface area contributed by atoms with Crippen molar-refractivity contribution >= 4 is 5.97 Å². The molecule has 0 rings (SSSR count). The molecule has 1 unspecified atom stereocenters. The molecule has 0 aromatic heterocycles. The van der Waals surface area contributed by atoms with E-state index in [1.165, 1.54) is 0 Å². The van der Waals surface area contributed by atoms with Crippen molar-refractivity contribution in [1.82, 2.24) is 0 Å². The van der Waals surface area contributed by atoms with Crippen molar-refractivity contribution in [3.63, 3.8) is 0 Å². The summed E-state index contributed by atoms with van der Waals surface area (Å²) in [5, 5.41) is 8.06. The van der Waals surface area contributed by atoms with Crippen molar-refractivity contribution in [2.24, 2.45) is 5.92 Å². The molecule has 0 heterocycles. The number of carboxylic acid groups (broad SMARTS) is 1. The predicted molar refractivity (Wildman–Crippen MR) is 32.0 cm³/mol. The van der Waals surface area contributed by atoms with Gasteiger partial charge in [-0.05, 0) is 12.3 Å². The molecule has 0 fully saturated rings. The summed E-state index contributed by atoms with van der Waals surface area (Å²) in [4.78, 5) is 9.86. The molecule has 1 atom stereocenters. The molecule has 0 spiro atoms. The molecular weight excluding hydrogens is 123 g/mol. The van der Waals surface area contributed by atoms with Gasteiger partial charge in [0.05, 0.1) is 0 Å². The molecule has 0 saturated heterocycles. The molecular formula is C6H11FO2. The monoisotopic (exact) mass is 134 g/mol. The highest BCUT2D eigenvalue weighted by Gasteiger charge is 2.16. The van der Waals surface area contributed by atoms with Gasteiger partial charge in [-0.3, -0.25) is 0 Å². The molecule has 1 N–H and O–H groups in total. The number of carboxylic acids is 1. The van der Waals surface area contributed by atoms with Gasteiger partial charge in [-0.1, -0.05) is 13.8 Å². The van der Waals surface area contributed by atoms with E-state index in [1.54, 1.807) is 13.8 Å². The smallest absolute Gasteiger partial charge is 0.338 e. The van der Waals surface area contributed by atoms with Crippen LogP contribution in [0.5, 0.6) is 0 Å². The second-order valence-corrected chi connectivity index (χ2v) is 2.44. The SMILES string of the molecule is CC(C)CC(F)C(=O)O. The summed E-state index contributed by atoms with van der Waals surface area (Å²) < 4.78 is 12.2. The number of hydrogen-bond acceptors (Lipinski definition) is 1. The summed E-state index contributed by atoms with van der Waals surface area (Å²) in [6.07, 6.45) is -1.58. The zero-order valence-corrected chi connectivity index (χ0v) is 5.60. The fourth-order valence-corrected chi connectivity index (χ4v) is 0.515. The van der Waals surface area contributed by atoms with E-state index in [0.717, 1.165) is 0 Å². The van der Waals surface area contributed by atoms with Gasteiger partial charge in [-0.2, -0.15) is 0 Å². The summed E-state index contributed by atoms with van der Waals surface area (Å²) in [5.74, 6) is -1.25. The number of carbonyl (C=O) groups is 1. The van der Waals surface area contributed by atoms with Crippen LogP contribution in [0.4, 0.5) is 4.39 Å². The third-order valence-electron chi connectivity index (χ3n) is 0.946. The summed E-state index contributed by atoms with van der Waals surface area (Å²) in [7, 11) is 0. The van der Waals surface area contributed by atoms with Crippen molar-refractivity contribution in [2.75, 3.05) is 0 Å². The number of aliphatic carboxylic acids is 1. The molecule has 0 aromatic rings. The number of halogens is 1. The molecule has 0 radical (unpaired) electrons. The Morgan fingerprint density at radius 2 is 2.11 bits per heavy atom. The highest BCUT2D eigenvalue weighted by atomic mass is 19.1. The second-order valence-electron chi connectivity index (χ2n) is 2.44. The van der Waals surface area contributed by atoms with Crippen LogP contribution >= 0.6 is 0 Å². The molecule has 0 aromatic carbocycles. The van der Waals surface area contributed by atoms with E-state index in [2.05, 4.69) is 0 Å². The Labute approximate surface area is 53.7 Å². The molecule has 0 aliphatic carbocycles. The van der Waals surface area contributed by atoms with Crippen LogP contribution < -0.4 is 0 Å². The lowest BCUT2D eigenvalue weighted by Crippen LogP contribution is -2.16. The fraction of sp³-hybridized carbons (Fsp3) is 0.833. The quantitative estimate of drug-likeness (QED) is 0.634. The first-order valence-corrected chi connectivity index (χ1v) is 2.91. The van der Waals surface area contributed by atoms with E-state index in [9.17, 15) is 9.18 Å². The lowest BCUT2D eigenvalue weighted by molar-refractivity contribution is -0.143. The van der Waals surface area contributed by atoms with E-state index in [0.29, 0.717) is 0 Å². The average Bonchev–Trinajstić information content (AvgIpc) is 1.63. The molecule has 0 amide bonds. The topological polar surface area (TPSA) is 37.3 Å². The van der Waals surface area contributed by atoms with Crippen LogP contribution in [0.15, 0.2) is 0 Å². The van der Waals surface area contributed by atoms with Crippen LogP contribution in [-0.2, 0) is 4.79 Å². The Bertz CT molecular complexity index is 101. The molecule has 0 aliphatic rings. The summed E-state index contributed by atoms with van der Waals surface area (Å²) >= 11 is 0. The minimum Gasteiger partial charge on any atom is -0.479 e. The number of rotatable bonds is 3. The van der Waals surface area contributed by atoms with Gasteiger partial charge < -0.3 is 5.11 Å². The first kappa shape index (κ1) is 8.40. The van der Waals surface area contributed by atoms with E-state index in [1.807, 2.05) is 0 Å². The Morgan fingerprint density at radius 1 is 1.67 bits per heavy atom. The van der Waals surface area contributed by atoms with Gasteiger partial charge >= 0.3 is 5.97 Å². The fourth-order valence-electron chi connectivity index (χ4n) is 0.515. The number of hydrogen-bond donors (Lipinski definition) is 1. The molecule has 9 heavy (non-hydrogen) atoms. The molecule has 2 nitrogen and oxygen atoms in total. The Hall–Kier alpha value is -0.600. The van der Waals surface area contributed by atoms with Gasteiger partial charge in [0.25, 0.3) is 0 Å². The van der Waals surface area contributed by atoms with Crippen LogP contribution in [0.2, 0.25) is 0 Å². The Morgan fingerprint density at radius 3 is 2.22 bits per heavy atom. The summed E-state index contributed by atoms with van der Waals surface area (Å²) in [6, 6.07) is 0. The lowest BCUT2D eigenvalue weighted by Gasteiger charge is -2.04. The van der Waals surface area contributed by atoms with Crippen LogP contribution in [0.1, 0.15) is 20.3 Å². The van der Waals surface area contributed by atoms with Crippen molar-refractivity contribution in [2.45, 2.75) is 26.4 Å². The highest BCUT2D eigenvalue weighted by molar-refractivity contribution is 5.71. The second kappa shape index (κ2) is 3.43. The van der Waals surface area contributed by atoms with Gasteiger partial charge in [0, 0.05) is 0 Å². The molecule has 0 aliphatic heterocycles. The third-order valence-corrected chi connectivity index (χ3v) is 0.946. The Kier molecular flexibility index (Phi) is 3.20. The lowest BCUT2D eigenvalue weighted by atomic mass is 10.1. The van der Waals surface area contributed by atoms with Crippen molar-refractivity contribution in [3.8, 4) is 0 Å². The average molecular weight is 134 g/mol. The molecule has 3 heteroatoms. The zero-order chi connectivity index (χ0) is 7.44. The van der Waals surface area contributed by atoms with Gasteiger partial charge in [0.2, 0.25) is 0 Å². The first-order chi connectivity index (χ1) is 4.04. The number of alkyl halides is 1. The zero-order valence-electron chi connectivity index (χ0n) is 5.60. The Balaban J connectivity index is 3.50. The maximum Gasteiger partial charge on any atom is 0.338 e. The first-order valence-electron chi connectivity index (χ1n) is 2.91. The minimum atomic E-state index is -1.69. The third kappa shape index (κ3) is 3.94. The largest absolute Gasteiger partial charge is 0.479 e. The van der Waals surface area contributed by atoms with Crippen molar-refractivity contribution in [1.29, 1.82) is 0 Å². The van der Waals surface area contributed by atoms with E-state index in [4.69, 9.17) is 5.11 Å². The van der Waals surface area contributed by atoms with Gasteiger partial charge in [0.1, 0.15) is 0 Å². The van der Waals surface area contributed by atoms with Crippen LogP contribution in [0.3, 0.4) is 0 Å². The molecule has 0 bridgehead atoms. The van der Waals surface area contributed by atoms with E-state index < -0.39 is 12.1 Å². The standard InChI is InChI=1S/C6H11FO2/c1-4(2)3-5(7)6(8)9/h4-5H,3H2,1-2H3,(H,8,9). The van der Waals surface area contributed by atoms with Gasteiger partial charge in [-0.15, -0.1) is 0 Å². The molecule has 0 saturated carbocycles. The van der Waals surface area contributed by atoms with Crippen LogP contribution in [0, 0.1) is 5.92 Å². The van der Waals surface area contributed by atoms with Crippen LogP contribution in [0.25, 0.3) is 0 Å². The highest BCUT2D eigenvalue weighted by Crippen LogP contribution is 2.07. The van der Waals surface area contributed by atoms with Gasteiger partial charge in [-0.25, -0.2) is 9.18 Å². The minimum absolute atomic E-state index is 0.106. The molecule has 54 valence electrons. The van der Waals surface area contributed by atoms with E-state index >= 15 is 0 Å². The summed E-state index contributed by atoms with van der Waals surface area (Å²) in [5.41, 5.74) is 0. The maximum atomic E-state index is 12.2. The van der Waals surface area contributed by atoms with Crippen LogP contribution in [-0.4, -0.2) is 17.2 Å². The van der Waals surface area contributed by atoms with Gasteiger partial charge in [0.15, 0.2) is 6.17 Å². The van der Waals surface area contributed by atoms with Crippen molar-refractivity contribution in [3.05, 3.63) is 0 Å². The summed E-state index contributed by atoms with van der Waals surface area (Å²) in [6.45, 7) is 3.57. The van der Waals surface area contributed by atoms with Crippen molar-refractivity contribution < 1.29 is 14.3 Å². The normalized spacial score (nSPS) is 13.8. The van der Waals surface area contributed by atoms with E-state index in [-0.39, 0.29) is 12.3 Å².